The van der Waals surface area contributed by atoms with Crippen LogP contribution in [0, 0.1) is 6.92 Å². The van der Waals surface area contributed by atoms with Crippen LogP contribution in [0.15, 0.2) is 55.3 Å². The summed E-state index contributed by atoms with van der Waals surface area (Å²) < 4.78 is 0. The van der Waals surface area contributed by atoms with E-state index in [2.05, 4.69) is 53.4 Å². The molecule has 0 unspecified atom stereocenters. The number of nitrogens with zero attached hydrogens (tertiary/aromatic N) is 3. The summed E-state index contributed by atoms with van der Waals surface area (Å²) in [4.78, 5) is 9.52. The molecule has 4 heteroatoms. The molecule has 1 fully saturated rings. The largest absolute Gasteiger partial charge is 0.508 e. The molecule has 26 heavy (non-hydrogen) atoms. The standard InChI is InChI=1S/C22H29N3O/c1-5-11-24-14-18(4)25(15-17(24)3)22(19-7-6-8-21(26)12-19)20-10-9-16(2)23-13-20/h5-10,12-13,17-18,22,26H,1,11,14-15H2,2-4H3/t17-,18+,22-/m1/s1. The minimum atomic E-state index is 0.0820. The third-order valence-corrected chi connectivity index (χ3v) is 5.29. The van der Waals surface area contributed by atoms with Gasteiger partial charge in [0.15, 0.2) is 0 Å². The van der Waals surface area contributed by atoms with Gasteiger partial charge in [-0.05, 0) is 50.1 Å². The Morgan fingerprint density at radius 3 is 2.65 bits per heavy atom. The number of hydrogen-bond acceptors (Lipinski definition) is 4. The first-order valence-electron chi connectivity index (χ1n) is 9.31. The van der Waals surface area contributed by atoms with Gasteiger partial charge in [-0.1, -0.05) is 24.3 Å². The molecule has 1 aromatic carbocycles. The minimum Gasteiger partial charge on any atom is -0.508 e. The second-order valence-electron chi connectivity index (χ2n) is 7.37. The predicted octanol–water partition coefficient (Wildman–Crippen LogP) is 3.77. The number of piperazine rings is 1. The molecule has 3 atom stereocenters. The average molecular weight is 351 g/mol. The topological polar surface area (TPSA) is 39.6 Å². The number of pyridine rings is 1. The zero-order valence-electron chi connectivity index (χ0n) is 16.0. The predicted molar refractivity (Wildman–Crippen MR) is 106 cm³/mol. The molecule has 0 spiro atoms. The highest BCUT2D eigenvalue weighted by Gasteiger charge is 2.34. The molecule has 1 aliphatic heterocycles. The molecular formula is C22H29N3O. The van der Waals surface area contributed by atoms with E-state index in [1.165, 1.54) is 0 Å². The molecule has 0 amide bonds. The van der Waals surface area contributed by atoms with E-state index in [4.69, 9.17) is 0 Å². The zero-order valence-corrected chi connectivity index (χ0v) is 16.0. The van der Waals surface area contributed by atoms with Crippen molar-refractivity contribution in [3.05, 3.63) is 72.1 Å². The third-order valence-electron chi connectivity index (χ3n) is 5.29. The lowest BCUT2D eigenvalue weighted by Crippen LogP contribution is -2.57. The van der Waals surface area contributed by atoms with Crippen LogP contribution in [0.25, 0.3) is 0 Å². The van der Waals surface area contributed by atoms with Crippen LogP contribution < -0.4 is 0 Å². The summed E-state index contributed by atoms with van der Waals surface area (Å²) in [6.07, 6.45) is 3.95. The third kappa shape index (κ3) is 3.97. The van der Waals surface area contributed by atoms with Crippen molar-refractivity contribution in [3.63, 3.8) is 0 Å². The first kappa shape index (κ1) is 18.6. The highest BCUT2D eigenvalue weighted by Crippen LogP contribution is 2.34. The molecule has 4 nitrogen and oxygen atoms in total. The number of rotatable bonds is 5. The van der Waals surface area contributed by atoms with Crippen molar-refractivity contribution < 1.29 is 5.11 Å². The first-order valence-corrected chi connectivity index (χ1v) is 9.31. The highest BCUT2D eigenvalue weighted by atomic mass is 16.3. The van der Waals surface area contributed by atoms with Crippen LogP contribution in [0.3, 0.4) is 0 Å². The summed E-state index contributed by atoms with van der Waals surface area (Å²) in [7, 11) is 0. The Balaban J connectivity index is 1.98. The SMILES string of the molecule is C=CCN1C[C@H](C)N([C@@H](c2ccc(C)nc2)c2cccc(O)c2)C[C@H]1C. The van der Waals surface area contributed by atoms with Gasteiger partial charge in [-0.3, -0.25) is 14.8 Å². The molecule has 138 valence electrons. The fraction of sp³-hybridized carbons (Fsp3) is 0.409. The minimum absolute atomic E-state index is 0.0820. The van der Waals surface area contributed by atoms with E-state index < -0.39 is 0 Å². The summed E-state index contributed by atoms with van der Waals surface area (Å²) in [6.45, 7) is 13.3. The molecule has 2 heterocycles. The Morgan fingerprint density at radius 1 is 1.19 bits per heavy atom. The second-order valence-corrected chi connectivity index (χ2v) is 7.37. The van der Waals surface area contributed by atoms with E-state index in [0.717, 1.165) is 36.5 Å². The van der Waals surface area contributed by atoms with Crippen LogP contribution in [-0.2, 0) is 0 Å². The van der Waals surface area contributed by atoms with Gasteiger partial charge in [0.2, 0.25) is 0 Å². The van der Waals surface area contributed by atoms with Gasteiger partial charge >= 0.3 is 0 Å². The number of aromatic nitrogens is 1. The molecule has 1 saturated heterocycles. The molecule has 0 bridgehead atoms. The van der Waals surface area contributed by atoms with Gasteiger partial charge in [0, 0.05) is 43.6 Å². The molecule has 0 radical (unpaired) electrons. The van der Waals surface area contributed by atoms with Gasteiger partial charge in [0.1, 0.15) is 5.75 Å². The normalized spacial score (nSPS) is 22.9. The van der Waals surface area contributed by atoms with Crippen LogP contribution in [0.4, 0.5) is 0 Å². The Labute approximate surface area is 156 Å². The number of aromatic hydroxyl groups is 1. The van der Waals surface area contributed by atoms with Crippen molar-refractivity contribution in [2.75, 3.05) is 19.6 Å². The van der Waals surface area contributed by atoms with Crippen LogP contribution in [0.2, 0.25) is 0 Å². The van der Waals surface area contributed by atoms with Gasteiger partial charge in [0.25, 0.3) is 0 Å². The van der Waals surface area contributed by atoms with Gasteiger partial charge in [-0.15, -0.1) is 6.58 Å². The smallest absolute Gasteiger partial charge is 0.115 e. The Morgan fingerprint density at radius 2 is 2.00 bits per heavy atom. The molecule has 2 aromatic rings. The molecule has 0 saturated carbocycles. The maximum atomic E-state index is 10.0. The lowest BCUT2D eigenvalue weighted by molar-refractivity contribution is 0.0305. The van der Waals surface area contributed by atoms with Crippen LogP contribution >= 0.6 is 0 Å². The summed E-state index contributed by atoms with van der Waals surface area (Å²) in [5, 5.41) is 10.0. The van der Waals surface area contributed by atoms with Crippen LogP contribution in [0.5, 0.6) is 5.75 Å². The van der Waals surface area contributed by atoms with E-state index in [1.54, 1.807) is 6.07 Å². The monoisotopic (exact) mass is 351 g/mol. The van der Waals surface area contributed by atoms with E-state index >= 15 is 0 Å². The molecule has 1 aliphatic rings. The summed E-state index contributed by atoms with van der Waals surface area (Å²) >= 11 is 0. The maximum absolute atomic E-state index is 10.0. The summed E-state index contributed by atoms with van der Waals surface area (Å²) in [5.74, 6) is 0.304. The molecule has 1 aromatic heterocycles. The fourth-order valence-corrected chi connectivity index (χ4v) is 3.92. The van der Waals surface area contributed by atoms with Crippen molar-refractivity contribution in [3.8, 4) is 5.75 Å². The summed E-state index contributed by atoms with van der Waals surface area (Å²) in [5.41, 5.74) is 3.28. The quantitative estimate of drug-likeness (QED) is 0.833. The zero-order chi connectivity index (χ0) is 18.7. The van der Waals surface area contributed by atoms with Gasteiger partial charge < -0.3 is 5.11 Å². The van der Waals surface area contributed by atoms with Crippen molar-refractivity contribution in [1.29, 1.82) is 0 Å². The number of benzene rings is 1. The van der Waals surface area contributed by atoms with Gasteiger partial charge in [-0.25, -0.2) is 0 Å². The number of phenolic OH excluding ortho intramolecular Hbond substituents is 1. The van der Waals surface area contributed by atoms with Gasteiger partial charge in [-0.2, -0.15) is 0 Å². The van der Waals surface area contributed by atoms with Crippen molar-refractivity contribution in [2.24, 2.45) is 0 Å². The van der Waals surface area contributed by atoms with E-state index in [0.29, 0.717) is 17.8 Å². The van der Waals surface area contributed by atoms with E-state index in [1.807, 2.05) is 31.3 Å². The Hall–Kier alpha value is -2.17. The van der Waals surface area contributed by atoms with Crippen LogP contribution in [-0.4, -0.2) is 51.6 Å². The maximum Gasteiger partial charge on any atom is 0.115 e. The lowest BCUT2D eigenvalue weighted by atomic mass is 9.94. The average Bonchev–Trinajstić information content (AvgIpc) is 2.61. The summed E-state index contributed by atoms with van der Waals surface area (Å²) in [6, 6.07) is 12.7. The second kappa shape index (κ2) is 8.02. The van der Waals surface area contributed by atoms with Crippen LogP contribution in [0.1, 0.15) is 36.7 Å². The van der Waals surface area contributed by atoms with Crippen molar-refractivity contribution in [2.45, 2.75) is 38.9 Å². The number of phenols is 1. The van der Waals surface area contributed by atoms with Crippen molar-refractivity contribution in [1.82, 2.24) is 14.8 Å². The number of aryl methyl sites for hydroxylation is 1. The van der Waals surface area contributed by atoms with E-state index in [9.17, 15) is 5.11 Å². The first-order chi connectivity index (χ1) is 12.5. The molecule has 1 N–H and O–H groups in total. The number of hydrogen-bond donors (Lipinski definition) is 1. The van der Waals surface area contributed by atoms with Crippen molar-refractivity contribution >= 4 is 0 Å². The molecule has 0 aliphatic carbocycles. The van der Waals surface area contributed by atoms with E-state index in [-0.39, 0.29) is 6.04 Å². The lowest BCUT2D eigenvalue weighted by Gasteiger charge is -2.47. The molecular weight excluding hydrogens is 322 g/mol. The fourth-order valence-electron chi connectivity index (χ4n) is 3.92. The molecule has 3 rings (SSSR count). The Kier molecular flexibility index (Phi) is 5.74. The highest BCUT2D eigenvalue weighted by molar-refractivity contribution is 5.36. The van der Waals surface area contributed by atoms with Gasteiger partial charge in [0.05, 0.1) is 6.04 Å². The Bertz CT molecular complexity index is 743.